The van der Waals surface area contributed by atoms with E-state index in [2.05, 4.69) is 25.1 Å². The summed E-state index contributed by atoms with van der Waals surface area (Å²) in [6.45, 7) is 5.15. The zero-order chi connectivity index (χ0) is 16.9. The molecule has 0 atom stereocenters. The van der Waals surface area contributed by atoms with Gasteiger partial charge in [-0.3, -0.25) is 9.59 Å². The van der Waals surface area contributed by atoms with E-state index >= 15 is 0 Å². The van der Waals surface area contributed by atoms with Crippen LogP contribution in [-0.4, -0.2) is 41.2 Å². The Bertz CT molecular complexity index is 591. The maximum absolute atomic E-state index is 12.8. The topological polar surface area (TPSA) is 40.6 Å². The molecule has 0 radical (unpaired) electrons. The van der Waals surface area contributed by atoms with Gasteiger partial charge < -0.3 is 9.80 Å². The lowest BCUT2D eigenvalue weighted by Gasteiger charge is -2.36. The van der Waals surface area contributed by atoms with Crippen LogP contribution in [0.4, 0.5) is 0 Å². The van der Waals surface area contributed by atoms with Crippen LogP contribution in [0, 0.1) is 5.92 Å². The highest BCUT2D eigenvalue weighted by atomic mass is 16.2. The molecule has 1 saturated heterocycles. The Kier molecular flexibility index (Phi) is 5.54. The maximum Gasteiger partial charge on any atom is 0.226 e. The molecule has 130 valence electrons. The lowest BCUT2D eigenvalue weighted by molar-refractivity contribution is -0.141. The van der Waals surface area contributed by atoms with Gasteiger partial charge in [0.15, 0.2) is 0 Å². The van der Waals surface area contributed by atoms with Crippen LogP contribution in [-0.2, 0) is 22.6 Å². The summed E-state index contributed by atoms with van der Waals surface area (Å²) in [5, 5.41) is 0. The average Bonchev–Trinajstić information content (AvgIpc) is 2.65. The van der Waals surface area contributed by atoms with Crippen LogP contribution in [0.5, 0.6) is 0 Å². The van der Waals surface area contributed by atoms with Gasteiger partial charge in [0.1, 0.15) is 0 Å². The molecule has 4 nitrogen and oxygen atoms in total. The molecule has 3 rings (SSSR count). The Morgan fingerprint density at radius 3 is 2.46 bits per heavy atom. The molecule has 0 aliphatic carbocycles. The molecular formula is C20H28N2O2. The molecule has 2 heterocycles. The van der Waals surface area contributed by atoms with Crippen molar-refractivity contribution in [1.29, 1.82) is 0 Å². The van der Waals surface area contributed by atoms with Crippen molar-refractivity contribution in [2.24, 2.45) is 5.92 Å². The molecule has 2 aliphatic heterocycles. The summed E-state index contributed by atoms with van der Waals surface area (Å²) in [7, 11) is 0. The number of fused-ring (bicyclic) bond motifs is 1. The minimum absolute atomic E-state index is 0.0884. The Hall–Kier alpha value is -1.84. The molecule has 2 amide bonds. The number of hydrogen-bond acceptors (Lipinski definition) is 2. The zero-order valence-electron chi connectivity index (χ0n) is 14.7. The predicted octanol–water partition coefficient (Wildman–Crippen LogP) is 3.00. The molecule has 4 heteroatoms. The lowest BCUT2D eigenvalue weighted by Crippen LogP contribution is -2.45. The number of amides is 2. The van der Waals surface area contributed by atoms with Crippen molar-refractivity contribution in [3.8, 4) is 0 Å². The SMILES string of the molecule is CCCCC(=O)N1CCC(C(=O)N2CCc3ccccc3C2)CC1. The molecule has 1 aromatic carbocycles. The number of hydrogen-bond donors (Lipinski definition) is 0. The fourth-order valence-electron chi connectivity index (χ4n) is 3.80. The molecule has 0 N–H and O–H groups in total. The van der Waals surface area contributed by atoms with Gasteiger partial charge in [-0.15, -0.1) is 0 Å². The van der Waals surface area contributed by atoms with Gasteiger partial charge in [0.05, 0.1) is 0 Å². The number of carbonyl (C=O) groups excluding carboxylic acids is 2. The molecule has 1 aromatic rings. The van der Waals surface area contributed by atoms with Gasteiger partial charge in [0.2, 0.25) is 11.8 Å². The molecule has 0 bridgehead atoms. The first-order valence-corrected chi connectivity index (χ1v) is 9.32. The van der Waals surface area contributed by atoms with Crippen LogP contribution < -0.4 is 0 Å². The maximum atomic E-state index is 12.8. The smallest absolute Gasteiger partial charge is 0.226 e. The van der Waals surface area contributed by atoms with Gasteiger partial charge >= 0.3 is 0 Å². The van der Waals surface area contributed by atoms with Crippen LogP contribution in [0.25, 0.3) is 0 Å². The molecule has 0 unspecified atom stereocenters. The van der Waals surface area contributed by atoms with E-state index in [4.69, 9.17) is 0 Å². The summed E-state index contributed by atoms with van der Waals surface area (Å²) in [6.07, 6.45) is 5.25. The highest BCUT2D eigenvalue weighted by Gasteiger charge is 2.31. The van der Waals surface area contributed by atoms with Gasteiger partial charge in [-0.05, 0) is 36.8 Å². The van der Waals surface area contributed by atoms with E-state index in [1.807, 2.05) is 15.9 Å². The van der Waals surface area contributed by atoms with E-state index in [-0.39, 0.29) is 17.7 Å². The first-order valence-electron chi connectivity index (χ1n) is 9.32. The van der Waals surface area contributed by atoms with Crippen molar-refractivity contribution < 1.29 is 9.59 Å². The molecule has 2 aliphatic rings. The summed E-state index contributed by atoms with van der Waals surface area (Å²) < 4.78 is 0. The Morgan fingerprint density at radius 2 is 1.75 bits per heavy atom. The quantitative estimate of drug-likeness (QED) is 0.852. The van der Waals surface area contributed by atoms with E-state index in [1.165, 1.54) is 11.1 Å². The van der Waals surface area contributed by atoms with Crippen LogP contribution in [0.2, 0.25) is 0 Å². The third kappa shape index (κ3) is 3.80. The minimum atomic E-state index is 0.0884. The van der Waals surface area contributed by atoms with Gasteiger partial charge in [-0.1, -0.05) is 37.6 Å². The third-order valence-electron chi connectivity index (χ3n) is 5.38. The third-order valence-corrected chi connectivity index (χ3v) is 5.38. The average molecular weight is 328 g/mol. The lowest BCUT2D eigenvalue weighted by atomic mass is 9.93. The fraction of sp³-hybridized carbons (Fsp3) is 0.600. The van der Waals surface area contributed by atoms with Crippen LogP contribution in [0.3, 0.4) is 0 Å². The van der Waals surface area contributed by atoms with E-state index in [0.717, 1.165) is 58.3 Å². The summed E-state index contributed by atoms with van der Waals surface area (Å²) in [5.74, 6) is 0.630. The number of piperidine rings is 1. The first-order chi connectivity index (χ1) is 11.7. The van der Waals surface area contributed by atoms with Crippen molar-refractivity contribution in [1.82, 2.24) is 9.80 Å². The monoisotopic (exact) mass is 328 g/mol. The van der Waals surface area contributed by atoms with E-state index in [1.54, 1.807) is 0 Å². The number of likely N-dealkylation sites (tertiary alicyclic amines) is 1. The standard InChI is InChI=1S/C20H28N2O2/c1-2-3-8-19(23)21-12-10-17(11-13-21)20(24)22-14-9-16-6-4-5-7-18(16)15-22/h4-7,17H,2-3,8-15H2,1H3. The summed E-state index contributed by atoms with van der Waals surface area (Å²) >= 11 is 0. The number of nitrogens with zero attached hydrogens (tertiary/aromatic N) is 2. The van der Waals surface area contributed by atoms with Crippen molar-refractivity contribution in [2.45, 2.75) is 52.0 Å². The molecule has 0 saturated carbocycles. The van der Waals surface area contributed by atoms with Crippen molar-refractivity contribution in [2.75, 3.05) is 19.6 Å². The number of rotatable bonds is 4. The van der Waals surface area contributed by atoms with E-state index < -0.39 is 0 Å². The van der Waals surface area contributed by atoms with Gasteiger partial charge in [0, 0.05) is 38.5 Å². The summed E-state index contributed by atoms with van der Waals surface area (Å²) in [4.78, 5) is 28.9. The second kappa shape index (κ2) is 7.82. The van der Waals surface area contributed by atoms with Gasteiger partial charge in [0.25, 0.3) is 0 Å². The normalized spacial score (nSPS) is 18.4. The molecule has 0 spiro atoms. The first kappa shape index (κ1) is 17.0. The van der Waals surface area contributed by atoms with Crippen LogP contribution in [0.1, 0.15) is 50.2 Å². The second-order valence-corrected chi connectivity index (χ2v) is 7.04. The Morgan fingerprint density at radius 1 is 1.04 bits per heavy atom. The molecule has 1 fully saturated rings. The molecule has 0 aromatic heterocycles. The minimum Gasteiger partial charge on any atom is -0.343 e. The Balaban J connectivity index is 1.52. The summed E-state index contributed by atoms with van der Waals surface area (Å²) in [6, 6.07) is 8.41. The second-order valence-electron chi connectivity index (χ2n) is 7.04. The Labute approximate surface area is 144 Å². The summed E-state index contributed by atoms with van der Waals surface area (Å²) in [5.41, 5.74) is 2.65. The number of unbranched alkanes of at least 4 members (excludes halogenated alkanes) is 1. The highest BCUT2D eigenvalue weighted by Crippen LogP contribution is 2.25. The van der Waals surface area contributed by atoms with Gasteiger partial charge in [-0.2, -0.15) is 0 Å². The highest BCUT2D eigenvalue weighted by molar-refractivity contribution is 5.80. The van der Waals surface area contributed by atoms with Crippen molar-refractivity contribution in [3.63, 3.8) is 0 Å². The van der Waals surface area contributed by atoms with Crippen molar-refractivity contribution in [3.05, 3.63) is 35.4 Å². The van der Waals surface area contributed by atoms with Crippen LogP contribution >= 0.6 is 0 Å². The molecular weight excluding hydrogens is 300 g/mol. The van der Waals surface area contributed by atoms with Gasteiger partial charge in [-0.25, -0.2) is 0 Å². The van der Waals surface area contributed by atoms with Crippen molar-refractivity contribution >= 4 is 11.8 Å². The van der Waals surface area contributed by atoms with E-state index in [0.29, 0.717) is 6.42 Å². The zero-order valence-corrected chi connectivity index (χ0v) is 14.7. The van der Waals surface area contributed by atoms with E-state index in [9.17, 15) is 9.59 Å². The molecule has 24 heavy (non-hydrogen) atoms. The number of benzene rings is 1. The predicted molar refractivity (Wildman–Crippen MR) is 94.4 cm³/mol. The largest absolute Gasteiger partial charge is 0.343 e. The van der Waals surface area contributed by atoms with Crippen LogP contribution in [0.15, 0.2) is 24.3 Å². The fourth-order valence-corrected chi connectivity index (χ4v) is 3.80. The number of carbonyl (C=O) groups is 2.